The summed E-state index contributed by atoms with van der Waals surface area (Å²) in [5.41, 5.74) is 2.90. The zero-order valence-corrected chi connectivity index (χ0v) is 11.0. The second kappa shape index (κ2) is 6.16. The quantitative estimate of drug-likeness (QED) is 0.674. The highest BCUT2D eigenvalue weighted by molar-refractivity contribution is 5.60. The molecule has 0 unspecified atom stereocenters. The Bertz CT molecular complexity index is 631. The molecule has 5 nitrogen and oxygen atoms in total. The van der Waals surface area contributed by atoms with Gasteiger partial charge in [-0.15, -0.1) is 0 Å². The number of aromatic amines is 1. The second-order valence-electron chi connectivity index (χ2n) is 4.49. The van der Waals surface area contributed by atoms with E-state index in [4.69, 9.17) is 4.42 Å². The topological polar surface area (TPSA) is 66.7 Å². The van der Waals surface area contributed by atoms with Gasteiger partial charge in [0.2, 0.25) is 0 Å². The SMILES string of the molecule is c1ccc(-c2n[nH]nc2CNCCc2ccco2)cc1. The summed E-state index contributed by atoms with van der Waals surface area (Å²) in [7, 11) is 0. The molecule has 0 saturated heterocycles. The van der Waals surface area contributed by atoms with Gasteiger partial charge in [-0.25, -0.2) is 0 Å². The lowest BCUT2D eigenvalue weighted by molar-refractivity contribution is 0.498. The summed E-state index contributed by atoms with van der Waals surface area (Å²) in [6.07, 6.45) is 2.56. The highest BCUT2D eigenvalue weighted by Crippen LogP contribution is 2.18. The van der Waals surface area contributed by atoms with Crippen molar-refractivity contribution in [3.63, 3.8) is 0 Å². The van der Waals surface area contributed by atoms with Crippen LogP contribution in [-0.4, -0.2) is 22.0 Å². The zero-order chi connectivity index (χ0) is 13.6. The maximum atomic E-state index is 5.29. The predicted molar refractivity (Wildman–Crippen MR) is 75.9 cm³/mol. The van der Waals surface area contributed by atoms with Gasteiger partial charge in [-0.05, 0) is 12.1 Å². The van der Waals surface area contributed by atoms with Crippen molar-refractivity contribution >= 4 is 0 Å². The Balaban J connectivity index is 1.57. The first kappa shape index (κ1) is 12.6. The lowest BCUT2D eigenvalue weighted by Gasteiger charge is -2.03. The third-order valence-electron chi connectivity index (χ3n) is 3.09. The number of benzene rings is 1. The Morgan fingerprint density at radius 3 is 2.75 bits per heavy atom. The van der Waals surface area contributed by atoms with Crippen LogP contribution in [0.2, 0.25) is 0 Å². The Hall–Kier alpha value is -2.40. The third kappa shape index (κ3) is 2.95. The van der Waals surface area contributed by atoms with E-state index in [1.807, 2.05) is 42.5 Å². The molecule has 5 heteroatoms. The van der Waals surface area contributed by atoms with E-state index >= 15 is 0 Å². The molecule has 3 aromatic rings. The van der Waals surface area contributed by atoms with Crippen molar-refractivity contribution in [3.05, 3.63) is 60.2 Å². The average Bonchev–Trinajstić information content (AvgIpc) is 3.16. The maximum absolute atomic E-state index is 5.29. The summed E-state index contributed by atoms with van der Waals surface area (Å²) in [6, 6.07) is 13.9. The number of nitrogens with zero attached hydrogens (tertiary/aromatic N) is 2. The van der Waals surface area contributed by atoms with Crippen molar-refractivity contribution in [1.29, 1.82) is 0 Å². The summed E-state index contributed by atoms with van der Waals surface area (Å²) < 4.78 is 5.29. The van der Waals surface area contributed by atoms with Gasteiger partial charge in [0.1, 0.15) is 17.1 Å². The lowest BCUT2D eigenvalue weighted by atomic mass is 10.1. The molecule has 0 atom stereocenters. The van der Waals surface area contributed by atoms with Crippen molar-refractivity contribution < 1.29 is 4.42 Å². The number of H-pyrrole nitrogens is 1. The van der Waals surface area contributed by atoms with E-state index in [9.17, 15) is 0 Å². The minimum Gasteiger partial charge on any atom is -0.469 e. The van der Waals surface area contributed by atoms with Crippen molar-refractivity contribution in [1.82, 2.24) is 20.7 Å². The van der Waals surface area contributed by atoms with Crippen LogP contribution in [0.25, 0.3) is 11.3 Å². The van der Waals surface area contributed by atoms with Gasteiger partial charge >= 0.3 is 0 Å². The van der Waals surface area contributed by atoms with Crippen LogP contribution in [0.4, 0.5) is 0 Å². The van der Waals surface area contributed by atoms with E-state index in [0.29, 0.717) is 6.54 Å². The Morgan fingerprint density at radius 2 is 1.95 bits per heavy atom. The van der Waals surface area contributed by atoms with Crippen LogP contribution >= 0.6 is 0 Å². The van der Waals surface area contributed by atoms with Crippen LogP contribution in [0.3, 0.4) is 0 Å². The van der Waals surface area contributed by atoms with E-state index < -0.39 is 0 Å². The van der Waals surface area contributed by atoms with E-state index in [1.54, 1.807) is 6.26 Å². The molecule has 0 aliphatic rings. The highest BCUT2D eigenvalue weighted by Gasteiger charge is 2.09. The molecule has 0 bridgehead atoms. The van der Waals surface area contributed by atoms with Crippen molar-refractivity contribution in [2.75, 3.05) is 6.54 Å². The molecule has 2 aromatic heterocycles. The highest BCUT2D eigenvalue weighted by atomic mass is 16.3. The van der Waals surface area contributed by atoms with Crippen LogP contribution in [-0.2, 0) is 13.0 Å². The van der Waals surface area contributed by atoms with E-state index in [-0.39, 0.29) is 0 Å². The second-order valence-corrected chi connectivity index (χ2v) is 4.49. The number of aromatic nitrogens is 3. The molecule has 1 aromatic carbocycles. The van der Waals surface area contributed by atoms with Gasteiger partial charge in [-0.3, -0.25) is 0 Å². The molecule has 0 aliphatic heterocycles. The number of rotatable bonds is 6. The van der Waals surface area contributed by atoms with Crippen molar-refractivity contribution in [3.8, 4) is 11.3 Å². The lowest BCUT2D eigenvalue weighted by Crippen LogP contribution is -2.17. The molecular formula is C15H16N4O. The Kier molecular flexibility index (Phi) is 3.89. The van der Waals surface area contributed by atoms with Gasteiger partial charge in [-0.2, -0.15) is 15.4 Å². The average molecular weight is 268 g/mol. The molecule has 20 heavy (non-hydrogen) atoms. The normalized spacial score (nSPS) is 10.8. The van der Waals surface area contributed by atoms with E-state index in [1.165, 1.54) is 0 Å². The molecule has 0 spiro atoms. The molecule has 0 radical (unpaired) electrons. The minimum absolute atomic E-state index is 0.682. The Labute approximate surface area is 117 Å². The molecule has 102 valence electrons. The minimum atomic E-state index is 0.682. The maximum Gasteiger partial charge on any atom is 0.117 e. The predicted octanol–water partition coefficient (Wildman–Crippen LogP) is 2.40. The van der Waals surface area contributed by atoms with Crippen LogP contribution in [0, 0.1) is 0 Å². The van der Waals surface area contributed by atoms with E-state index in [0.717, 1.165) is 35.7 Å². The van der Waals surface area contributed by atoms with Gasteiger partial charge in [0, 0.05) is 25.1 Å². The fraction of sp³-hybridized carbons (Fsp3) is 0.200. The summed E-state index contributed by atoms with van der Waals surface area (Å²) >= 11 is 0. The summed E-state index contributed by atoms with van der Waals surface area (Å²) in [4.78, 5) is 0. The number of hydrogen-bond donors (Lipinski definition) is 2. The molecule has 2 heterocycles. The van der Waals surface area contributed by atoms with Crippen molar-refractivity contribution in [2.24, 2.45) is 0 Å². The fourth-order valence-corrected chi connectivity index (χ4v) is 2.08. The monoisotopic (exact) mass is 268 g/mol. The van der Waals surface area contributed by atoms with Gasteiger partial charge in [-0.1, -0.05) is 30.3 Å². The summed E-state index contributed by atoms with van der Waals surface area (Å²) in [5, 5.41) is 14.5. The number of nitrogens with one attached hydrogen (secondary N) is 2. The van der Waals surface area contributed by atoms with Gasteiger partial charge in [0.25, 0.3) is 0 Å². The van der Waals surface area contributed by atoms with Crippen LogP contribution in [0.15, 0.2) is 53.1 Å². The molecule has 0 fully saturated rings. The van der Waals surface area contributed by atoms with Gasteiger partial charge in [0.15, 0.2) is 0 Å². The first-order valence-electron chi connectivity index (χ1n) is 6.61. The molecular weight excluding hydrogens is 252 g/mol. The fourth-order valence-electron chi connectivity index (χ4n) is 2.08. The molecule has 2 N–H and O–H groups in total. The van der Waals surface area contributed by atoms with Crippen molar-refractivity contribution in [2.45, 2.75) is 13.0 Å². The molecule has 3 rings (SSSR count). The zero-order valence-electron chi connectivity index (χ0n) is 11.0. The van der Waals surface area contributed by atoms with Gasteiger partial charge in [0.05, 0.1) is 6.26 Å². The Morgan fingerprint density at radius 1 is 1.05 bits per heavy atom. The standard InChI is InChI=1S/C15H16N4O/c1-2-5-12(6-3-1)15-14(17-19-18-15)11-16-9-8-13-7-4-10-20-13/h1-7,10,16H,8-9,11H2,(H,17,18,19). The van der Waals surface area contributed by atoms with E-state index in [2.05, 4.69) is 20.7 Å². The number of hydrogen-bond acceptors (Lipinski definition) is 4. The first-order chi connectivity index (χ1) is 9.93. The molecule has 0 saturated carbocycles. The molecule has 0 amide bonds. The smallest absolute Gasteiger partial charge is 0.117 e. The van der Waals surface area contributed by atoms with Crippen LogP contribution in [0.5, 0.6) is 0 Å². The third-order valence-corrected chi connectivity index (χ3v) is 3.09. The van der Waals surface area contributed by atoms with Gasteiger partial charge < -0.3 is 9.73 Å². The summed E-state index contributed by atoms with van der Waals surface area (Å²) in [6.45, 7) is 1.52. The largest absolute Gasteiger partial charge is 0.469 e. The van der Waals surface area contributed by atoms with Crippen LogP contribution in [0.1, 0.15) is 11.5 Å². The first-order valence-corrected chi connectivity index (χ1v) is 6.61. The summed E-state index contributed by atoms with van der Waals surface area (Å²) in [5.74, 6) is 0.987. The number of furan rings is 1. The van der Waals surface area contributed by atoms with Crippen LogP contribution < -0.4 is 5.32 Å². The molecule has 0 aliphatic carbocycles.